The number of hydrogen-bond acceptors (Lipinski definition) is 4. The lowest BCUT2D eigenvalue weighted by molar-refractivity contribution is -0.139. The lowest BCUT2D eigenvalue weighted by atomic mass is 9.81. The molecule has 27 heavy (non-hydrogen) atoms. The summed E-state index contributed by atoms with van der Waals surface area (Å²) in [5.74, 6) is -0.00298. The number of nitrogens with zero attached hydrogens (tertiary/aromatic N) is 2. The van der Waals surface area contributed by atoms with Gasteiger partial charge in [0.15, 0.2) is 0 Å². The summed E-state index contributed by atoms with van der Waals surface area (Å²) in [7, 11) is -3.51. The van der Waals surface area contributed by atoms with Gasteiger partial charge in [-0.15, -0.1) is 0 Å². The Labute approximate surface area is 161 Å². The summed E-state index contributed by atoms with van der Waals surface area (Å²) in [5, 5.41) is 0. The minimum absolute atomic E-state index is 0.00298. The van der Waals surface area contributed by atoms with Gasteiger partial charge in [-0.25, -0.2) is 8.42 Å². The van der Waals surface area contributed by atoms with E-state index in [1.165, 1.54) is 9.87 Å². The molecule has 1 aromatic carbocycles. The Morgan fingerprint density at radius 3 is 2.30 bits per heavy atom. The molecule has 6 nitrogen and oxygen atoms in total. The van der Waals surface area contributed by atoms with Crippen LogP contribution in [0.5, 0.6) is 0 Å². The molecule has 1 heterocycles. The minimum Gasteiger partial charge on any atom is -0.338 e. The molecule has 7 heteroatoms. The number of piperazine rings is 1. The van der Waals surface area contributed by atoms with E-state index in [0.717, 1.165) is 56.9 Å². The number of benzene rings is 1. The van der Waals surface area contributed by atoms with Crippen molar-refractivity contribution in [3.8, 4) is 0 Å². The topological polar surface area (TPSA) is 83.7 Å². The number of aryl methyl sites for hydroxylation is 2. The monoisotopic (exact) mass is 391 g/mol. The van der Waals surface area contributed by atoms with E-state index in [1.807, 2.05) is 12.1 Å². The largest absolute Gasteiger partial charge is 0.338 e. The van der Waals surface area contributed by atoms with Gasteiger partial charge >= 0.3 is 0 Å². The van der Waals surface area contributed by atoms with Gasteiger partial charge in [-0.2, -0.15) is 4.31 Å². The number of carbonyl (C=O) groups is 1. The molecule has 1 aromatic rings. The zero-order valence-electron chi connectivity index (χ0n) is 15.8. The zero-order valence-corrected chi connectivity index (χ0v) is 16.6. The van der Waals surface area contributed by atoms with Gasteiger partial charge in [0.1, 0.15) is 0 Å². The van der Waals surface area contributed by atoms with Crippen molar-refractivity contribution in [3.05, 3.63) is 29.3 Å². The van der Waals surface area contributed by atoms with Crippen LogP contribution in [0.25, 0.3) is 0 Å². The van der Waals surface area contributed by atoms with Gasteiger partial charge in [-0.3, -0.25) is 4.79 Å². The Bertz CT molecular complexity index is 823. The van der Waals surface area contributed by atoms with Gasteiger partial charge in [-0.1, -0.05) is 25.3 Å². The quantitative estimate of drug-likeness (QED) is 0.850. The molecule has 3 aliphatic rings. The molecule has 0 radical (unpaired) electrons. The number of fused-ring (bicyclic) bond motifs is 1. The predicted octanol–water partition coefficient (Wildman–Crippen LogP) is 1.67. The van der Waals surface area contributed by atoms with E-state index in [0.29, 0.717) is 31.1 Å². The SMILES string of the molecule is NC1(C(=O)N2CCN(S(=O)(=O)c3ccc4c(c3)CCC4)CC2)CCCCC1. The average molecular weight is 392 g/mol. The number of rotatable bonds is 3. The van der Waals surface area contributed by atoms with Crippen LogP contribution in [0.3, 0.4) is 0 Å². The van der Waals surface area contributed by atoms with Crippen molar-refractivity contribution in [2.75, 3.05) is 26.2 Å². The van der Waals surface area contributed by atoms with Crippen molar-refractivity contribution in [3.63, 3.8) is 0 Å². The highest BCUT2D eigenvalue weighted by Gasteiger charge is 2.40. The molecule has 0 unspecified atom stereocenters. The molecular formula is C20H29N3O3S. The van der Waals surface area contributed by atoms with E-state index in [9.17, 15) is 13.2 Å². The highest BCUT2D eigenvalue weighted by Crippen LogP contribution is 2.29. The van der Waals surface area contributed by atoms with Crippen LogP contribution in [0.15, 0.2) is 23.1 Å². The highest BCUT2D eigenvalue weighted by molar-refractivity contribution is 7.89. The normalized spacial score (nSPS) is 23.2. The molecule has 2 N–H and O–H groups in total. The van der Waals surface area contributed by atoms with Gasteiger partial charge in [0, 0.05) is 26.2 Å². The molecule has 1 aliphatic heterocycles. The van der Waals surface area contributed by atoms with Gasteiger partial charge in [0.05, 0.1) is 10.4 Å². The van der Waals surface area contributed by atoms with Crippen LogP contribution in [0.4, 0.5) is 0 Å². The summed E-state index contributed by atoms with van der Waals surface area (Å²) < 4.78 is 27.6. The second-order valence-electron chi connectivity index (χ2n) is 8.20. The Balaban J connectivity index is 1.43. The summed E-state index contributed by atoms with van der Waals surface area (Å²) in [4.78, 5) is 15.0. The molecule has 0 aromatic heterocycles. The van der Waals surface area contributed by atoms with E-state index in [-0.39, 0.29) is 5.91 Å². The van der Waals surface area contributed by atoms with Gasteiger partial charge in [0.25, 0.3) is 0 Å². The fourth-order valence-electron chi connectivity index (χ4n) is 4.70. The van der Waals surface area contributed by atoms with Crippen LogP contribution in [0, 0.1) is 0 Å². The number of sulfonamides is 1. The lowest BCUT2D eigenvalue weighted by Crippen LogP contribution is -2.60. The fraction of sp³-hybridized carbons (Fsp3) is 0.650. The maximum absolute atomic E-state index is 13.0. The fourth-order valence-corrected chi connectivity index (χ4v) is 6.17. The van der Waals surface area contributed by atoms with Crippen molar-refractivity contribution in [1.82, 2.24) is 9.21 Å². The molecule has 4 rings (SSSR count). The van der Waals surface area contributed by atoms with Crippen LogP contribution in [-0.2, 0) is 27.7 Å². The van der Waals surface area contributed by atoms with Crippen LogP contribution in [0.1, 0.15) is 49.7 Å². The predicted molar refractivity (Wildman–Crippen MR) is 104 cm³/mol. The summed E-state index contributed by atoms with van der Waals surface area (Å²) in [6.07, 6.45) is 7.69. The van der Waals surface area contributed by atoms with Crippen molar-refractivity contribution in [2.45, 2.75) is 61.8 Å². The van der Waals surface area contributed by atoms with Crippen molar-refractivity contribution in [1.29, 1.82) is 0 Å². The number of amides is 1. The average Bonchev–Trinajstić information content (AvgIpc) is 3.16. The second kappa shape index (κ2) is 7.18. The highest BCUT2D eigenvalue weighted by atomic mass is 32.2. The maximum Gasteiger partial charge on any atom is 0.243 e. The van der Waals surface area contributed by atoms with E-state index < -0.39 is 15.6 Å². The third-order valence-corrected chi connectivity index (χ3v) is 8.30. The standard InChI is InChI=1S/C20H29N3O3S/c21-20(9-2-1-3-10-20)19(24)22-11-13-23(14-12-22)27(25,26)18-8-7-16-5-4-6-17(16)15-18/h7-8,15H,1-6,9-14,21H2. The first-order valence-electron chi connectivity index (χ1n) is 10.1. The first-order valence-corrected chi connectivity index (χ1v) is 11.5. The van der Waals surface area contributed by atoms with Crippen molar-refractivity contribution < 1.29 is 13.2 Å². The third kappa shape index (κ3) is 3.52. The Hall–Kier alpha value is -1.44. The Kier molecular flexibility index (Phi) is 5.03. The molecule has 1 saturated heterocycles. The van der Waals surface area contributed by atoms with E-state index >= 15 is 0 Å². The Morgan fingerprint density at radius 1 is 0.926 bits per heavy atom. The first kappa shape index (κ1) is 18.9. The molecular weight excluding hydrogens is 362 g/mol. The number of nitrogens with two attached hydrogens (primary N) is 1. The van der Waals surface area contributed by atoms with Crippen molar-refractivity contribution in [2.24, 2.45) is 5.73 Å². The molecule has 148 valence electrons. The van der Waals surface area contributed by atoms with Crippen molar-refractivity contribution >= 4 is 15.9 Å². The smallest absolute Gasteiger partial charge is 0.243 e. The second-order valence-corrected chi connectivity index (χ2v) is 10.1. The number of hydrogen-bond donors (Lipinski definition) is 1. The molecule has 2 aliphatic carbocycles. The maximum atomic E-state index is 13.0. The zero-order chi connectivity index (χ0) is 19.1. The Morgan fingerprint density at radius 2 is 1.59 bits per heavy atom. The summed E-state index contributed by atoms with van der Waals surface area (Å²) >= 11 is 0. The number of carbonyl (C=O) groups excluding carboxylic acids is 1. The summed E-state index contributed by atoms with van der Waals surface area (Å²) in [5.41, 5.74) is 8.05. The van der Waals surface area contributed by atoms with E-state index in [2.05, 4.69) is 0 Å². The third-order valence-electron chi connectivity index (χ3n) is 6.41. The molecule has 1 saturated carbocycles. The van der Waals surface area contributed by atoms with Crippen LogP contribution in [-0.4, -0.2) is 55.2 Å². The lowest BCUT2D eigenvalue weighted by Gasteiger charge is -2.40. The first-order chi connectivity index (χ1) is 12.9. The minimum atomic E-state index is -3.51. The van der Waals surface area contributed by atoms with E-state index in [1.54, 1.807) is 11.0 Å². The molecule has 0 bridgehead atoms. The van der Waals surface area contributed by atoms with Gasteiger partial charge in [-0.05, 0) is 55.4 Å². The molecule has 1 amide bonds. The van der Waals surface area contributed by atoms with E-state index in [4.69, 9.17) is 5.73 Å². The summed E-state index contributed by atoms with van der Waals surface area (Å²) in [6.45, 7) is 1.51. The van der Waals surface area contributed by atoms with Crippen LogP contribution in [0.2, 0.25) is 0 Å². The van der Waals surface area contributed by atoms with Gasteiger partial charge in [0.2, 0.25) is 15.9 Å². The van der Waals surface area contributed by atoms with Crippen LogP contribution < -0.4 is 5.73 Å². The molecule has 2 fully saturated rings. The van der Waals surface area contributed by atoms with Gasteiger partial charge < -0.3 is 10.6 Å². The summed E-state index contributed by atoms with van der Waals surface area (Å²) in [6, 6.07) is 5.52. The molecule has 0 spiro atoms. The molecule has 0 atom stereocenters. The van der Waals surface area contributed by atoms with Crippen LogP contribution >= 0.6 is 0 Å².